The summed E-state index contributed by atoms with van der Waals surface area (Å²) in [7, 11) is 0. The van der Waals surface area contributed by atoms with E-state index in [4.69, 9.17) is 22.3 Å². The first-order valence-corrected chi connectivity index (χ1v) is 10.5. The Balaban J connectivity index is 1.97. The molecule has 1 amide bonds. The maximum Gasteiger partial charge on any atom is 0.266 e. The van der Waals surface area contributed by atoms with Gasteiger partial charge in [-0.3, -0.25) is 14.2 Å². The van der Waals surface area contributed by atoms with Crippen molar-refractivity contribution in [3.8, 4) is 5.69 Å². The lowest BCUT2D eigenvalue weighted by atomic mass is 10.1. The van der Waals surface area contributed by atoms with Gasteiger partial charge in [0, 0.05) is 5.02 Å². The molecule has 3 aromatic carbocycles. The summed E-state index contributed by atoms with van der Waals surface area (Å²) in [5.41, 5.74) is 8.14. The summed E-state index contributed by atoms with van der Waals surface area (Å²) in [6.45, 7) is 1.84. The van der Waals surface area contributed by atoms with Crippen LogP contribution in [0, 0.1) is 6.92 Å². The number of hydrogen-bond acceptors (Lipinski definition) is 4. The zero-order valence-corrected chi connectivity index (χ0v) is 17.7. The standard InChI is InChI=1S/C23H18ClN3O2S/c1-14-17(24)11-7-13-19(14)27-22(29)16-10-5-6-12-18(16)26-23(27)30-20(21(25)28)15-8-3-2-4-9-15/h2-13,20H,1H3,(H2,25,28). The molecule has 0 bridgehead atoms. The van der Waals surface area contributed by atoms with Crippen molar-refractivity contribution in [3.05, 3.63) is 99.3 Å². The lowest BCUT2D eigenvalue weighted by Crippen LogP contribution is -2.25. The predicted molar refractivity (Wildman–Crippen MR) is 121 cm³/mol. The second kappa shape index (κ2) is 8.34. The molecule has 4 rings (SSSR count). The Bertz CT molecular complexity index is 1310. The van der Waals surface area contributed by atoms with E-state index in [1.165, 1.54) is 4.57 Å². The molecule has 4 aromatic rings. The number of carbonyl (C=O) groups excluding carboxylic acids is 1. The van der Waals surface area contributed by atoms with Gasteiger partial charge in [0.1, 0.15) is 5.25 Å². The highest BCUT2D eigenvalue weighted by Crippen LogP contribution is 2.36. The largest absolute Gasteiger partial charge is 0.368 e. The number of para-hydroxylation sites is 1. The Morgan fingerprint density at radius 2 is 1.73 bits per heavy atom. The lowest BCUT2D eigenvalue weighted by Gasteiger charge is -2.19. The topological polar surface area (TPSA) is 78.0 Å². The fourth-order valence-corrected chi connectivity index (χ4v) is 4.49. The summed E-state index contributed by atoms with van der Waals surface area (Å²) < 4.78 is 1.51. The minimum atomic E-state index is -0.704. The van der Waals surface area contributed by atoms with E-state index in [1.54, 1.807) is 30.3 Å². The van der Waals surface area contributed by atoms with Gasteiger partial charge in [-0.15, -0.1) is 0 Å². The first kappa shape index (κ1) is 20.2. The molecule has 2 N–H and O–H groups in total. The van der Waals surface area contributed by atoms with Crippen molar-refractivity contribution in [3.63, 3.8) is 0 Å². The summed E-state index contributed by atoms with van der Waals surface area (Å²) in [5.74, 6) is -0.511. The highest BCUT2D eigenvalue weighted by molar-refractivity contribution is 8.00. The smallest absolute Gasteiger partial charge is 0.266 e. The fraction of sp³-hybridized carbons (Fsp3) is 0.0870. The minimum Gasteiger partial charge on any atom is -0.368 e. The van der Waals surface area contributed by atoms with Crippen molar-refractivity contribution in [2.24, 2.45) is 5.73 Å². The molecule has 0 saturated carbocycles. The van der Waals surface area contributed by atoms with Crippen LogP contribution < -0.4 is 11.3 Å². The molecule has 1 heterocycles. The Morgan fingerprint density at radius 1 is 1.03 bits per heavy atom. The van der Waals surface area contributed by atoms with Crippen LogP contribution in [0.3, 0.4) is 0 Å². The number of rotatable bonds is 5. The van der Waals surface area contributed by atoms with Crippen molar-refractivity contribution >= 4 is 40.2 Å². The number of fused-ring (bicyclic) bond motifs is 1. The molecule has 30 heavy (non-hydrogen) atoms. The molecule has 0 aliphatic heterocycles. The molecule has 5 nitrogen and oxygen atoms in total. The third-order valence-corrected chi connectivity index (χ3v) is 6.44. The highest BCUT2D eigenvalue weighted by Gasteiger charge is 2.24. The molecule has 0 saturated heterocycles. The monoisotopic (exact) mass is 435 g/mol. The number of aromatic nitrogens is 2. The normalized spacial score (nSPS) is 12.1. The molecular weight excluding hydrogens is 418 g/mol. The predicted octanol–water partition coefficient (Wildman–Crippen LogP) is 4.67. The van der Waals surface area contributed by atoms with E-state index in [0.29, 0.717) is 26.8 Å². The SMILES string of the molecule is Cc1c(Cl)cccc1-n1c(SC(C(N)=O)c2ccccc2)nc2ccccc2c1=O. The molecule has 0 aliphatic carbocycles. The average Bonchev–Trinajstić information content (AvgIpc) is 2.75. The number of hydrogen-bond donors (Lipinski definition) is 1. The van der Waals surface area contributed by atoms with Crippen molar-refractivity contribution in [1.82, 2.24) is 9.55 Å². The molecule has 150 valence electrons. The van der Waals surface area contributed by atoms with Crippen LogP contribution in [0.5, 0.6) is 0 Å². The Kier molecular flexibility index (Phi) is 5.61. The number of primary amides is 1. The zero-order chi connectivity index (χ0) is 21.3. The number of halogens is 1. The summed E-state index contributed by atoms with van der Waals surface area (Å²) in [5, 5.41) is 0.691. The highest BCUT2D eigenvalue weighted by atomic mass is 35.5. The second-order valence-electron chi connectivity index (χ2n) is 6.75. The van der Waals surface area contributed by atoms with E-state index in [0.717, 1.165) is 22.9 Å². The van der Waals surface area contributed by atoms with Crippen LogP contribution in [0.2, 0.25) is 5.02 Å². The summed E-state index contributed by atoms with van der Waals surface area (Å²) in [4.78, 5) is 30.4. The molecule has 1 aromatic heterocycles. The second-order valence-corrected chi connectivity index (χ2v) is 8.23. The van der Waals surface area contributed by atoms with E-state index in [2.05, 4.69) is 0 Å². The summed E-state index contributed by atoms with van der Waals surface area (Å²) in [6.07, 6.45) is 0. The van der Waals surface area contributed by atoms with Crippen LogP contribution in [0.15, 0.2) is 82.7 Å². The van der Waals surface area contributed by atoms with E-state index in [1.807, 2.05) is 49.4 Å². The van der Waals surface area contributed by atoms with Gasteiger partial charge in [-0.1, -0.05) is 71.9 Å². The van der Waals surface area contributed by atoms with Crippen molar-refractivity contribution in [2.75, 3.05) is 0 Å². The van der Waals surface area contributed by atoms with Crippen molar-refractivity contribution in [2.45, 2.75) is 17.3 Å². The number of thioether (sulfide) groups is 1. The number of carbonyl (C=O) groups is 1. The van der Waals surface area contributed by atoms with Gasteiger partial charge in [0.25, 0.3) is 5.56 Å². The molecule has 0 spiro atoms. The number of nitrogens with two attached hydrogens (primary N) is 1. The fourth-order valence-electron chi connectivity index (χ4n) is 3.27. The first-order chi connectivity index (χ1) is 14.5. The zero-order valence-electron chi connectivity index (χ0n) is 16.1. The van der Waals surface area contributed by atoms with E-state index >= 15 is 0 Å². The van der Waals surface area contributed by atoms with Gasteiger partial charge in [0.05, 0.1) is 16.6 Å². The quantitative estimate of drug-likeness (QED) is 0.365. The minimum absolute atomic E-state index is 0.232. The lowest BCUT2D eigenvalue weighted by molar-refractivity contribution is -0.117. The Hall–Kier alpha value is -3.09. The summed E-state index contributed by atoms with van der Waals surface area (Å²) in [6, 6.07) is 21.7. The van der Waals surface area contributed by atoms with Crippen molar-refractivity contribution < 1.29 is 4.79 Å². The van der Waals surface area contributed by atoms with Crippen LogP contribution in [0.1, 0.15) is 16.4 Å². The van der Waals surface area contributed by atoms with E-state index in [9.17, 15) is 9.59 Å². The van der Waals surface area contributed by atoms with Crippen LogP contribution >= 0.6 is 23.4 Å². The van der Waals surface area contributed by atoms with Crippen molar-refractivity contribution in [1.29, 1.82) is 0 Å². The van der Waals surface area contributed by atoms with Gasteiger partial charge in [0.2, 0.25) is 5.91 Å². The average molecular weight is 436 g/mol. The van der Waals surface area contributed by atoms with Crippen LogP contribution in [-0.4, -0.2) is 15.5 Å². The molecule has 0 radical (unpaired) electrons. The van der Waals surface area contributed by atoms with Gasteiger partial charge < -0.3 is 5.73 Å². The van der Waals surface area contributed by atoms with E-state index < -0.39 is 11.2 Å². The van der Waals surface area contributed by atoms with Gasteiger partial charge in [0.15, 0.2) is 5.16 Å². The van der Waals surface area contributed by atoms with E-state index in [-0.39, 0.29) is 5.56 Å². The maximum atomic E-state index is 13.5. The molecule has 7 heteroatoms. The number of nitrogens with zero attached hydrogens (tertiary/aromatic N) is 2. The van der Waals surface area contributed by atoms with Gasteiger partial charge in [-0.2, -0.15) is 0 Å². The molecule has 0 aliphatic rings. The summed E-state index contributed by atoms with van der Waals surface area (Å²) >= 11 is 7.47. The molecular formula is C23H18ClN3O2S. The first-order valence-electron chi connectivity index (χ1n) is 9.25. The van der Waals surface area contributed by atoms with Crippen LogP contribution in [0.25, 0.3) is 16.6 Å². The Morgan fingerprint density at radius 3 is 2.47 bits per heavy atom. The maximum absolute atomic E-state index is 13.5. The molecule has 0 fully saturated rings. The molecule has 1 atom stereocenters. The Labute approximate surface area is 182 Å². The third-order valence-electron chi connectivity index (χ3n) is 4.81. The number of benzene rings is 3. The van der Waals surface area contributed by atoms with Crippen LogP contribution in [0.4, 0.5) is 0 Å². The van der Waals surface area contributed by atoms with Gasteiger partial charge in [-0.25, -0.2) is 4.98 Å². The van der Waals surface area contributed by atoms with Crippen LogP contribution in [-0.2, 0) is 4.79 Å². The third kappa shape index (κ3) is 3.72. The molecule has 1 unspecified atom stereocenters. The van der Waals surface area contributed by atoms with Gasteiger partial charge in [-0.05, 0) is 42.3 Å². The number of amides is 1. The van der Waals surface area contributed by atoms with Gasteiger partial charge >= 0.3 is 0 Å².